The van der Waals surface area contributed by atoms with E-state index in [4.69, 9.17) is 4.42 Å². The zero-order valence-electron chi connectivity index (χ0n) is 22.1. The summed E-state index contributed by atoms with van der Waals surface area (Å²) in [5.74, 6) is 0.917. The molecule has 10 heteroatoms. The molecule has 1 aliphatic heterocycles. The predicted molar refractivity (Wildman–Crippen MR) is 145 cm³/mol. The molecule has 0 bridgehead atoms. The summed E-state index contributed by atoms with van der Waals surface area (Å²) in [5, 5.41) is 12.3. The van der Waals surface area contributed by atoms with Gasteiger partial charge in [-0.05, 0) is 73.2 Å². The molecule has 7 nitrogen and oxygen atoms in total. The molecule has 0 atom stereocenters. The van der Waals surface area contributed by atoms with Crippen LogP contribution in [0.4, 0.5) is 19.0 Å². The number of halogens is 3. The summed E-state index contributed by atoms with van der Waals surface area (Å²) in [5.41, 5.74) is 3.04. The number of pyridine rings is 1. The van der Waals surface area contributed by atoms with Gasteiger partial charge in [0.2, 0.25) is 5.89 Å². The van der Waals surface area contributed by atoms with E-state index in [0.29, 0.717) is 53.6 Å². The second kappa shape index (κ2) is 11.0. The van der Waals surface area contributed by atoms with Crippen LogP contribution in [0, 0.1) is 17.2 Å². The zero-order chi connectivity index (χ0) is 28.4. The third kappa shape index (κ3) is 5.78. The van der Waals surface area contributed by atoms with E-state index in [1.165, 1.54) is 6.07 Å². The topological polar surface area (TPSA) is 95.0 Å². The van der Waals surface area contributed by atoms with E-state index >= 15 is 0 Å². The van der Waals surface area contributed by atoms with Gasteiger partial charge in [0.15, 0.2) is 5.58 Å². The fraction of sp³-hybridized carbons (Fsp3) is 0.333. The van der Waals surface area contributed by atoms with Gasteiger partial charge in [-0.3, -0.25) is 4.79 Å². The van der Waals surface area contributed by atoms with E-state index in [0.717, 1.165) is 30.0 Å². The Bertz CT molecular complexity index is 1560. The lowest BCUT2D eigenvalue weighted by molar-refractivity contribution is -0.141. The first kappa shape index (κ1) is 27.2. The molecule has 1 fully saturated rings. The van der Waals surface area contributed by atoms with Gasteiger partial charge in [0.25, 0.3) is 5.91 Å². The number of anilines is 1. The second-order valence-corrected chi connectivity index (χ2v) is 10.3. The number of rotatable bonds is 6. The Morgan fingerprint density at radius 2 is 1.85 bits per heavy atom. The fourth-order valence-corrected chi connectivity index (χ4v) is 4.90. The minimum Gasteiger partial charge on any atom is -0.436 e. The van der Waals surface area contributed by atoms with Gasteiger partial charge in [-0.25, -0.2) is 9.97 Å². The molecule has 0 saturated carbocycles. The predicted octanol–water partition coefficient (Wildman–Crippen LogP) is 6.55. The number of oxazole rings is 1. The Hall–Kier alpha value is -4.39. The maximum Gasteiger partial charge on any atom is 0.433 e. The van der Waals surface area contributed by atoms with Gasteiger partial charge in [0.05, 0.1) is 11.6 Å². The number of piperidine rings is 1. The number of fused-ring (bicyclic) bond motifs is 1. The zero-order valence-corrected chi connectivity index (χ0v) is 22.1. The van der Waals surface area contributed by atoms with Gasteiger partial charge in [0.1, 0.15) is 17.0 Å². The Labute approximate surface area is 229 Å². The number of alkyl halides is 3. The van der Waals surface area contributed by atoms with E-state index in [1.807, 2.05) is 24.8 Å². The monoisotopic (exact) mass is 547 g/mol. The van der Waals surface area contributed by atoms with Crippen molar-refractivity contribution < 1.29 is 22.4 Å². The van der Waals surface area contributed by atoms with Crippen molar-refractivity contribution in [2.75, 3.05) is 24.5 Å². The fourth-order valence-electron chi connectivity index (χ4n) is 4.90. The van der Waals surface area contributed by atoms with Crippen molar-refractivity contribution >= 4 is 22.8 Å². The summed E-state index contributed by atoms with van der Waals surface area (Å²) in [4.78, 5) is 23.0. The highest BCUT2D eigenvalue weighted by atomic mass is 19.4. The Balaban J connectivity index is 1.18. The first-order valence-electron chi connectivity index (χ1n) is 13.1. The summed E-state index contributed by atoms with van der Waals surface area (Å²) in [7, 11) is 0. The first-order valence-corrected chi connectivity index (χ1v) is 13.1. The van der Waals surface area contributed by atoms with Crippen LogP contribution in [0.1, 0.15) is 59.8 Å². The summed E-state index contributed by atoms with van der Waals surface area (Å²) < 4.78 is 45.0. The molecule has 1 N–H and O–H groups in total. The third-order valence-corrected chi connectivity index (χ3v) is 7.18. The number of hydrogen-bond donors (Lipinski definition) is 1. The Kier molecular flexibility index (Phi) is 7.48. The molecule has 3 heterocycles. The number of hydrogen-bond acceptors (Lipinski definition) is 6. The van der Waals surface area contributed by atoms with Crippen LogP contribution in [0.2, 0.25) is 0 Å². The molecule has 1 aliphatic rings. The van der Waals surface area contributed by atoms with Crippen molar-refractivity contribution in [1.29, 1.82) is 5.26 Å². The number of amides is 1. The number of carbonyl (C=O) groups is 1. The van der Waals surface area contributed by atoms with Crippen LogP contribution in [0.3, 0.4) is 0 Å². The number of nitriles is 1. The summed E-state index contributed by atoms with van der Waals surface area (Å²) in [6, 6.07) is 16.6. The van der Waals surface area contributed by atoms with Crippen LogP contribution < -0.4 is 10.2 Å². The third-order valence-electron chi connectivity index (χ3n) is 7.18. The minimum absolute atomic E-state index is 0.159. The standard InChI is InChI=1S/C30H28F3N5O2/c1-18(2)23-14-20(16-34)15-24-27(23)40-29(36-24)22-8-6-21(7-9-22)28(39)35-17-19-10-12-38(13-11-19)26-5-3-4-25(37-26)30(31,32)33/h3-9,14-15,18-19H,10-13,17H2,1-2H3,(H,35,39). The molecular formula is C30H28F3N5O2. The molecular weight excluding hydrogens is 519 g/mol. The van der Waals surface area contributed by atoms with E-state index in [-0.39, 0.29) is 17.7 Å². The Morgan fingerprint density at radius 3 is 2.50 bits per heavy atom. The van der Waals surface area contributed by atoms with Crippen LogP contribution in [0.25, 0.3) is 22.6 Å². The van der Waals surface area contributed by atoms with Crippen molar-refractivity contribution in [2.24, 2.45) is 5.92 Å². The van der Waals surface area contributed by atoms with Crippen LogP contribution in [-0.4, -0.2) is 35.5 Å². The maximum absolute atomic E-state index is 13.0. The van der Waals surface area contributed by atoms with Gasteiger partial charge in [0, 0.05) is 36.3 Å². The number of carbonyl (C=O) groups excluding carboxylic acids is 1. The minimum atomic E-state index is -4.47. The molecule has 1 saturated heterocycles. The quantitative estimate of drug-likeness (QED) is 0.294. The highest BCUT2D eigenvalue weighted by Gasteiger charge is 2.33. The van der Waals surface area contributed by atoms with Gasteiger partial charge in [-0.15, -0.1) is 0 Å². The summed E-state index contributed by atoms with van der Waals surface area (Å²) in [6.07, 6.45) is -3.00. The summed E-state index contributed by atoms with van der Waals surface area (Å²) >= 11 is 0. The van der Waals surface area contributed by atoms with Crippen LogP contribution in [0.15, 0.2) is 59.0 Å². The normalized spacial score (nSPS) is 14.5. The SMILES string of the molecule is CC(C)c1cc(C#N)cc2nc(-c3ccc(C(=O)NCC4CCN(c5cccc(C(F)(F)F)n5)CC4)cc3)oc12. The smallest absolute Gasteiger partial charge is 0.433 e. The van der Waals surface area contributed by atoms with Crippen LogP contribution >= 0.6 is 0 Å². The lowest BCUT2D eigenvalue weighted by Crippen LogP contribution is -2.39. The van der Waals surface area contributed by atoms with Crippen molar-refractivity contribution in [3.8, 4) is 17.5 Å². The molecule has 40 heavy (non-hydrogen) atoms. The van der Waals surface area contributed by atoms with Gasteiger partial charge < -0.3 is 14.6 Å². The Morgan fingerprint density at radius 1 is 1.12 bits per heavy atom. The van der Waals surface area contributed by atoms with Crippen molar-refractivity contribution in [1.82, 2.24) is 15.3 Å². The molecule has 0 unspecified atom stereocenters. The average molecular weight is 548 g/mol. The largest absolute Gasteiger partial charge is 0.436 e. The number of nitrogens with one attached hydrogen (secondary N) is 1. The van der Waals surface area contributed by atoms with Crippen molar-refractivity contribution in [2.45, 2.75) is 38.8 Å². The molecule has 0 aliphatic carbocycles. The highest BCUT2D eigenvalue weighted by Crippen LogP contribution is 2.32. The van der Waals surface area contributed by atoms with E-state index in [2.05, 4.69) is 21.4 Å². The first-order chi connectivity index (χ1) is 19.1. The molecule has 5 rings (SSSR count). The molecule has 0 radical (unpaired) electrons. The average Bonchev–Trinajstić information content (AvgIpc) is 3.39. The lowest BCUT2D eigenvalue weighted by atomic mass is 9.96. The van der Waals surface area contributed by atoms with Crippen LogP contribution in [-0.2, 0) is 6.18 Å². The number of nitrogens with zero attached hydrogens (tertiary/aromatic N) is 4. The highest BCUT2D eigenvalue weighted by molar-refractivity contribution is 5.94. The van der Waals surface area contributed by atoms with Gasteiger partial charge in [-0.1, -0.05) is 19.9 Å². The van der Waals surface area contributed by atoms with E-state index in [9.17, 15) is 23.2 Å². The summed E-state index contributed by atoms with van der Waals surface area (Å²) in [6.45, 7) is 5.68. The van der Waals surface area contributed by atoms with Gasteiger partial charge >= 0.3 is 6.18 Å². The number of benzene rings is 2. The maximum atomic E-state index is 13.0. The molecule has 2 aromatic heterocycles. The van der Waals surface area contributed by atoms with E-state index < -0.39 is 11.9 Å². The molecule has 2 aromatic carbocycles. The van der Waals surface area contributed by atoms with Crippen LogP contribution in [0.5, 0.6) is 0 Å². The molecule has 0 spiro atoms. The van der Waals surface area contributed by atoms with Gasteiger partial charge in [-0.2, -0.15) is 18.4 Å². The van der Waals surface area contributed by atoms with Crippen molar-refractivity contribution in [3.63, 3.8) is 0 Å². The molecule has 206 valence electrons. The van der Waals surface area contributed by atoms with Crippen molar-refractivity contribution in [3.05, 3.63) is 77.0 Å². The molecule has 1 amide bonds. The number of aromatic nitrogens is 2. The lowest BCUT2D eigenvalue weighted by Gasteiger charge is -2.33. The molecule has 4 aromatic rings. The second-order valence-electron chi connectivity index (χ2n) is 10.3. The van der Waals surface area contributed by atoms with E-state index in [1.54, 1.807) is 36.4 Å².